The van der Waals surface area contributed by atoms with Gasteiger partial charge in [0.05, 0.1) is 5.69 Å². The number of rotatable bonds is 2. The van der Waals surface area contributed by atoms with Crippen LogP contribution in [0.15, 0.2) is 52.1 Å². The number of oxime groups is 1. The molecule has 5 nitrogen and oxygen atoms in total. The zero-order valence-electron chi connectivity index (χ0n) is 12.4. The summed E-state index contributed by atoms with van der Waals surface area (Å²) < 4.78 is 0.899. The number of fused-ring (bicyclic) bond motifs is 1. The minimum Gasteiger partial charge on any atom is -0.381 e. The van der Waals surface area contributed by atoms with Gasteiger partial charge in [-0.3, -0.25) is 9.59 Å². The number of hydrogen-bond donors (Lipinski definition) is 0. The molecule has 2 aromatic carbocycles. The highest BCUT2D eigenvalue weighted by molar-refractivity contribution is 9.10. The van der Waals surface area contributed by atoms with E-state index in [9.17, 15) is 9.59 Å². The molecule has 2 amide bonds. The lowest BCUT2D eigenvalue weighted by Gasteiger charge is -2.16. The summed E-state index contributed by atoms with van der Waals surface area (Å²) in [4.78, 5) is 31.9. The standard InChI is InChI=1S/C17H9BrCl2N2O3/c18-9-3-1-8(2-4-9)14-13-15(25-21-14)17(24)22(16(13)23)12-6-10(19)5-11(20)7-12/h1-7,13,15H/t13-,15+/m1/s1. The van der Waals surface area contributed by atoms with Crippen molar-refractivity contribution in [3.05, 3.63) is 62.5 Å². The Bertz CT molecular complexity index is 910. The number of hydrogen-bond acceptors (Lipinski definition) is 4. The summed E-state index contributed by atoms with van der Waals surface area (Å²) >= 11 is 15.3. The van der Waals surface area contributed by atoms with Crippen molar-refractivity contribution in [3.63, 3.8) is 0 Å². The van der Waals surface area contributed by atoms with Gasteiger partial charge in [-0.2, -0.15) is 0 Å². The summed E-state index contributed by atoms with van der Waals surface area (Å²) in [7, 11) is 0. The molecule has 126 valence electrons. The first kappa shape index (κ1) is 16.6. The van der Waals surface area contributed by atoms with Crippen LogP contribution in [0.2, 0.25) is 10.0 Å². The van der Waals surface area contributed by atoms with Gasteiger partial charge >= 0.3 is 0 Å². The van der Waals surface area contributed by atoms with E-state index in [0.717, 1.165) is 14.9 Å². The van der Waals surface area contributed by atoms with Gasteiger partial charge < -0.3 is 4.84 Å². The van der Waals surface area contributed by atoms with E-state index in [2.05, 4.69) is 21.1 Å². The summed E-state index contributed by atoms with van der Waals surface area (Å²) in [5.74, 6) is -1.68. The van der Waals surface area contributed by atoms with E-state index in [0.29, 0.717) is 21.4 Å². The van der Waals surface area contributed by atoms with Crippen LogP contribution in [0.25, 0.3) is 0 Å². The molecule has 1 fully saturated rings. The largest absolute Gasteiger partial charge is 0.381 e. The van der Waals surface area contributed by atoms with Gasteiger partial charge in [0.25, 0.3) is 5.91 Å². The van der Waals surface area contributed by atoms with Crippen molar-refractivity contribution in [1.82, 2.24) is 0 Å². The van der Waals surface area contributed by atoms with Crippen LogP contribution in [0, 0.1) is 5.92 Å². The van der Waals surface area contributed by atoms with Gasteiger partial charge in [0.2, 0.25) is 12.0 Å². The Labute approximate surface area is 161 Å². The van der Waals surface area contributed by atoms with E-state index < -0.39 is 23.8 Å². The molecule has 2 aromatic rings. The van der Waals surface area contributed by atoms with E-state index in [1.807, 2.05) is 24.3 Å². The normalized spacial score (nSPS) is 22.0. The van der Waals surface area contributed by atoms with Gasteiger partial charge in [-0.25, -0.2) is 4.90 Å². The molecule has 0 spiro atoms. The second-order valence-corrected chi connectivity index (χ2v) is 7.42. The van der Waals surface area contributed by atoms with Crippen LogP contribution in [0.1, 0.15) is 5.56 Å². The van der Waals surface area contributed by atoms with Crippen LogP contribution in [0.5, 0.6) is 0 Å². The Morgan fingerprint density at radius 3 is 2.28 bits per heavy atom. The number of carbonyl (C=O) groups excluding carboxylic acids is 2. The minimum atomic E-state index is -0.969. The highest BCUT2D eigenvalue weighted by atomic mass is 79.9. The smallest absolute Gasteiger partial charge is 0.278 e. The van der Waals surface area contributed by atoms with Crippen molar-refractivity contribution in [2.24, 2.45) is 11.1 Å². The fourth-order valence-corrected chi connectivity index (χ4v) is 3.74. The van der Waals surface area contributed by atoms with E-state index in [1.165, 1.54) is 18.2 Å². The fourth-order valence-electron chi connectivity index (χ4n) is 2.96. The van der Waals surface area contributed by atoms with Crippen LogP contribution in [0.4, 0.5) is 5.69 Å². The zero-order chi connectivity index (χ0) is 17.7. The SMILES string of the molecule is O=C1[C@@H]2C(c3ccc(Br)cc3)=NO[C@@H]2C(=O)N1c1cc(Cl)cc(Cl)c1. The van der Waals surface area contributed by atoms with Crippen LogP contribution in [-0.4, -0.2) is 23.6 Å². The zero-order valence-corrected chi connectivity index (χ0v) is 15.5. The third-order valence-corrected chi connectivity index (χ3v) is 5.02. The Hall–Kier alpha value is -1.89. The number of benzene rings is 2. The van der Waals surface area contributed by atoms with Gasteiger partial charge in [0, 0.05) is 20.1 Å². The molecule has 0 aromatic heterocycles. The first-order valence-electron chi connectivity index (χ1n) is 7.29. The van der Waals surface area contributed by atoms with E-state index in [1.54, 1.807) is 0 Å². The van der Waals surface area contributed by atoms with Crippen LogP contribution in [-0.2, 0) is 14.4 Å². The minimum absolute atomic E-state index is 0.320. The molecule has 2 heterocycles. The van der Waals surface area contributed by atoms with Crippen LogP contribution < -0.4 is 4.90 Å². The molecule has 8 heteroatoms. The second kappa shape index (κ2) is 6.12. The molecule has 2 aliphatic heterocycles. The predicted octanol–water partition coefficient (Wildman–Crippen LogP) is 4.05. The van der Waals surface area contributed by atoms with Crippen molar-refractivity contribution >= 4 is 62.3 Å². The third kappa shape index (κ3) is 2.74. The molecular formula is C17H9BrCl2N2O3. The molecule has 0 saturated carbocycles. The molecule has 0 radical (unpaired) electrons. The quantitative estimate of drug-likeness (QED) is 0.663. The third-order valence-electron chi connectivity index (χ3n) is 4.06. The number of nitrogens with zero attached hydrogens (tertiary/aromatic N) is 2. The summed E-state index contributed by atoms with van der Waals surface area (Å²) in [6.45, 7) is 0. The van der Waals surface area contributed by atoms with Crippen molar-refractivity contribution in [2.45, 2.75) is 6.10 Å². The summed E-state index contributed by atoms with van der Waals surface area (Å²) in [5, 5.41) is 4.64. The maximum atomic E-state index is 12.9. The molecule has 0 bridgehead atoms. The van der Waals surface area contributed by atoms with Gasteiger partial charge in [0.1, 0.15) is 11.6 Å². The van der Waals surface area contributed by atoms with Gasteiger partial charge in [0.15, 0.2) is 0 Å². The Kier molecular flexibility index (Phi) is 4.06. The lowest BCUT2D eigenvalue weighted by Crippen LogP contribution is -2.33. The number of halogens is 3. The van der Waals surface area contributed by atoms with Crippen LogP contribution >= 0.6 is 39.1 Å². The fraction of sp³-hybridized carbons (Fsp3) is 0.118. The molecule has 0 unspecified atom stereocenters. The highest BCUT2D eigenvalue weighted by Gasteiger charge is 2.56. The average molecular weight is 440 g/mol. The second-order valence-electron chi connectivity index (χ2n) is 5.63. The van der Waals surface area contributed by atoms with Crippen molar-refractivity contribution in [1.29, 1.82) is 0 Å². The molecular weight excluding hydrogens is 431 g/mol. The molecule has 0 N–H and O–H groups in total. The molecule has 2 atom stereocenters. The van der Waals surface area contributed by atoms with Crippen molar-refractivity contribution < 1.29 is 14.4 Å². The number of anilines is 1. The highest BCUT2D eigenvalue weighted by Crippen LogP contribution is 2.37. The average Bonchev–Trinajstić information content (AvgIpc) is 3.08. The van der Waals surface area contributed by atoms with Crippen molar-refractivity contribution in [3.8, 4) is 0 Å². The van der Waals surface area contributed by atoms with Gasteiger partial charge in [-0.05, 0) is 30.3 Å². The van der Waals surface area contributed by atoms with Gasteiger partial charge in [-0.15, -0.1) is 0 Å². The molecule has 4 rings (SSSR count). The summed E-state index contributed by atoms with van der Waals surface area (Å²) in [6, 6.07) is 11.9. The Morgan fingerprint density at radius 1 is 1.00 bits per heavy atom. The maximum absolute atomic E-state index is 12.9. The molecule has 2 aliphatic rings. The lowest BCUT2D eigenvalue weighted by molar-refractivity contribution is -0.126. The molecule has 0 aliphatic carbocycles. The monoisotopic (exact) mass is 438 g/mol. The van der Waals surface area contributed by atoms with Crippen LogP contribution in [0.3, 0.4) is 0 Å². The molecule has 25 heavy (non-hydrogen) atoms. The van der Waals surface area contributed by atoms with E-state index >= 15 is 0 Å². The Morgan fingerprint density at radius 2 is 1.64 bits per heavy atom. The topological polar surface area (TPSA) is 59.0 Å². The number of carbonyl (C=O) groups is 2. The molecule has 1 saturated heterocycles. The van der Waals surface area contributed by atoms with Crippen molar-refractivity contribution in [2.75, 3.05) is 4.90 Å². The first-order valence-corrected chi connectivity index (χ1v) is 8.84. The number of imide groups is 1. The number of amides is 2. The lowest BCUT2D eigenvalue weighted by atomic mass is 9.94. The van der Waals surface area contributed by atoms with E-state index in [4.69, 9.17) is 28.0 Å². The Balaban J connectivity index is 1.72. The maximum Gasteiger partial charge on any atom is 0.278 e. The summed E-state index contributed by atoms with van der Waals surface area (Å²) in [6.07, 6.45) is -0.969. The predicted molar refractivity (Wildman–Crippen MR) is 98.0 cm³/mol. The summed E-state index contributed by atoms with van der Waals surface area (Å²) in [5.41, 5.74) is 1.48. The van der Waals surface area contributed by atoms with E-state index in [-0.39, 0.29) is 0 Å². The first-order chi connectivity index (χ1) is 12.0. The van der Waals surface area contributed by atoms with Gasteiger partial charge in [-0.1, -0.05) is 56.4 Å².